The first kappa shape index (κ1) is 9.07. The third-order valence-corrected chi connectivity index (χ3v) is 1.31. The van der Waals surface area contributed by atoms with Gasteiger partial charge in [0.15, 0.2) is 11.6 Å². The van der Waals surface area contributed by atoms with Crippen molar-refractivity contribution >= 4 is 5.91 Å². The molecule has 1 aromatic carbocycles. The largest absolute Gasteiger partial charge is 0.504 e. The van der Waals surface area contributed by atoms with E-state index in [0.717, 1.165) is 6.07 Å². The Morgan fingerprint density at radius 1 is 1.54 bits per heavy atom. The van der Waals surface area contributed by atoms with E-state index in [1.165, 1.54) is 12.1 Å². The molecule has 0 atom stereocenters. The lowest BCUT2D eigenvalue weighted by molar-refractivity contribution is -0.112. The summed E-state index contributed by atoms with van der Waals surface area (Å²) < 4.78 is 12.7. The van der Waals surface area contributed by atoms with Crippen LogP contribution in [0.3, 0.4) is 0 Å². The number of carbonyl (C=O) groups excluding carboxylic acids is 1. The van der Waals surface area contributed by atoms with E-state index < -0.39 is 17.5 Å². The van der Waals surface area contributed by atoms with Crippen LogP contribution in [0.25, 0.3) is 0 Å². The van der Waals surface area contributed by atoms with Crippen molar-refractivity contribution in [1.29, 1.82) is 0 Å². The number of nitrogens with two attached hydrogens (primary N) is 1. The van der Waals surface area contributed by atoms with Crippen molar-refractivity contribution < 1.29 is 14.3 Å². The van der Waals surface area contributed by atoms with Crippen LogP contribution in [-0.2, 0) is 4.79 Å². The molecule has 1 amide bonds. The number of carbonyl (C=O) groups is 1. The molecule has 0 aromatic heterocycles. The Hall–Kier alpha value is -2.02. The summed E-state index contributed by atoms with van der Waals surface area (Å²) in [6.07, 6.45) is 0. The van der Waals surface area contributed by atoms with Gasteiger partial charge in [0.05, 0.1) is 5.56 Å². The van der Waals surface area contributed by atoms with Crippen LogP contribution >= 0.6 is 0 Å². The average Bonchev–Trinajstić information content (AvgIpc) is 2.07. The fourth-order valence-electron chi connectivity index (χ4n) is 0.745. The highest BCUT2D eigenvalue weighted by atomic mass is 19.1. The highest BCUT2D eigenvalue weighted by Gasteiger charge is 2.02. The van der Waals surface area contributed by atoms with Gasteiger partial charge in [-0.15, -0.1) is 0 Å². The number of hydrogen-bond donors (Lipinski definition) is 2. The van der Waals surface area contributed by atoms with Gasteiger partial charge in [-0.2, -0.15) is 0 Å². The number of amides is 1. The molecule has 0 saturated heterocycles. The molecule has 0 aliphatic carbocycles. The second-order valence-corrected chi connectivity index (χ2v) is 2.25. The highest BCUT2D eigenvalue weighted by Crippen LogP contribution is 2.18. The van der Waals surface area contributed by atoms with E-state index in [2.05, 4.69) is 5.92 Å². The molecular formula is C9H6FNO2. The van der Waals surface area contributed by atoms with E-state index in [-0.39, 0.29) is 5.56 Å². The molecule has 66 valence electrons. The molecule has 0 aliphatic heterocycles. The van der Waals surface area contributed by atoms with Crippen molar-refractivity contribution in [3.8, 4) is 17.6 Å². The quantitative estimate of drug-likeness (QED) is 0.565. The summed E-state index contributed by atoms with van der Waals surface area (Å²) in [4.78, 5) is 10.2. The van der Waals surface area contributed by atoms with E-state index in [1.807, 2.05) is 5.92 Å². The molecule has 0 fully saturated rings. The number of benzene rings is 1. The molecule has 13 heavy (non-hydrogen) atoms. The molecule has 0 bridgehead atoms. The zero-order valence-corrected chi connectivity index (χ0v) is 6.54. The van der Waals surface area contributed by atoms with Crippen molar-refractivity contribution in [2.75, 3.05) is 0 Å². The zero-order valence-electron chi connectivity index (χ0n) is 6.54. The van der Waals surface area contributed by atoms with E-state index in [4.69, 9.17) is 10.8 Å². The Balaban J connectivity index is 3.11. The maximum Gasteiger partial charge on any atom is 0.293 e. The van der Waals surface area contributed by atoms with E-state index >= 15 is 0 Å². The summed E-state index contributed by atoms with van der Waals surface area (Å²) in [5, 5.41) is 9.08. The van der Waals surface area contributed by atoms with Gasteiger partial charge in [0.1, 0.15) is 0 Å². The first-order valence-corrected chi connectivity index (χ1v) is 3.40. The van der Waals surface area contributed by atoms with Crippen molar-refractivity contribution in [2.45, 2.75) is 0 Å². The van der Waals surface area contributed by atoms with Gasteiger partial charge in [-0.1, -0.05) is 12.0 Å². The lowest BCUT2D eigenvalue weighted by atomic mass is 10.2. The third kappa shape index (κ3) is 2.20. The number of aromatic hydroxyl groups is 1. The lowest BCUT2D eigenvalue weighted by Gasteiger charge is -1.95. The number of phenols is 1. The van der Waals surface area contributed by atoms with Gasteiger partial charge >= 0.3 is 0 Å². The SMILES string of the molecule is NC(=O)C#Cc1cccc(F)c1O. The number of para-hydroxylation sites is 1. The van der Waals surface area contributed by atoms with Crippen molar-refractivity contribution in [2.24, 2.45) is 5.73 Å². The average molecular weight is 179 g/mol. The molecule has 3 N–H and O–H groups in total. The molecule has 4 heteroatoms. The summed E-state index contributed by atoms with van der Waals surface area (Å²) in [5.74, 6) is 2.05. The van der Waals surface area contributed by atoms with Crippen LogP contribution in [0.2, 0.25) is 0 Å². The Morgan fingerprint density at radius 3 is 2.85 bits per heavy atom. The minimum Gasteiger partial charge on any atom is -0.504 e. The minimum atomic E-state index is -0.830. The van der Waals surface area contributed by atoms with Crippen LogP contribution in [0.5, 0.6) is 5.75 Å². The molecular weight excluding hydrogens is 173 g/mol. The van der Waals surface area contributed by atoms with Crippen LogP contribution in [0.4, 0.5) is 4.39 Å². The number of rotatable bonds is 0. The Labute approximate surface area is 74.0 Å². The topological polar surface area (TPSA) is 63.3 Å². The highest BCUT2D eigenvalue weighted by molar-refractivity contribution is 5.92. The Morgan fingerprint density at radius 2 is 2.23 bits per heavy atom. The molecule has 0 unspecified atom stereocenters. The fraction of sp³-hybridized carbons (Fsp3) is 0. The fourth-order valence-corrected chi connectivity index (χ4v) is 0.745. The van der Waals surface area contributed by atoms with Gasteiger partial charge in [0, 0.05) is 5.92 Å². The minimum absolute atomic E-state index is 0.0406. The lowest BCUT2D eigenvalue weighted by Crippen LogP contribution is -2.06. The molecule has 0 saturated carbocycles. The first-order chi connectivity index (χ1) is 6.11. The first-order valence-electron chi connectivity index (χ1n) is 3.40. The van der Waals surface area contributed by atoms with Gasteiger partial charge in [-0.25, -0.2) is 4.39 Å². The molecule has 1 aromatic rings. The maximum atomic E-state index is 12.7. The maximum absolute atomic E-state index is 12.7. The standard InChI is InChI=1S/C9H6FNO2/c10-7-3-1-2-6(9(7)13)4-5-8(11)12/h1-3,13H,(H2,11,12). The monoisotopic (exact) mass is 179 g/mol. The van der Waals surface area contributed by atoms with Gasteiger partial charge in [0.2, 0.25) is 0 Å². The van der Waals surface area contributed by atoms with Crippen molar-refractivity contribution in [3.63, 3.8) is 0 Å². The number of phenolic OH excluding ortho intramolecular Hbond substituents is 1. The van der Waals surface area contributed by atoms with Crippen LogP contribution in [-0.4, -0.2) is 11.0 Å². The summed E-state index contributed by atoms with van der Waals surface area (Å²) in [5.41, 5.74) is 4.78. The molecule has 0 radical (unpaired) electrons. The van der Waals surface area contributed by atoms with Gasteiger partial charge in [0.25, 0.3) is 5.91 Å². The number of primary amides is 1. The summed E-state index contributed by atoms with van der Waals surface area (Å²) >= 11 is 0. The van der Waals surface area contributed by atoms with E-state index in [9.17, 15) is 9.18 Å². The Kier molecular flexibility index (Phi) is 2.50. The summed E-state index contributed by atoms with van der Waals surface area (Å²) in [6, 6.07) is 3.85. The molecule has 0 heterocycles. The zero-order chi connectivity index (χ0) is 9.84. The molecule has 3 nitrogen and oxygen atoms in total. The smallest absolute Gasteiger partial charge is 0.293 e. The van der Waals surface area contributed by atoms with E-state index in [1.54, 1.807) is 0 Å². The third-order valence-electron chi connectivity index (χ3n) is 1.31. The van der Waals surface area contributed by atoms with Crippen molar-refractivity contribution in [1.82, 2.24) is 0 Å². The van der Waals surface area contributed by atoms with Gasteiger partial charge in [-0.05, 0) is 12.1 Å². The van der Waals surface area contributed by atoms with Crippen LogP contribution < -0.4 is 5.73 Å². The van der Waals surface area contributed by atoms with Gasteiger partial charge < -0.3 is 10.8 Å². The predicted octanol–water partition coefficient (Wildman–Crippen LogP) is 0.368. The predicted molar refractivity (Wildman–Crippen MR) is 44.1 cm³/mol. The summed E-state index contributed by atoms with van der Waals surface area (Å²) in [7, 11) is 0. The second-order valence-electron chi connectivity index (χ2n) is 2.25. The normalized spacial score (nSPS) is 8.69. The number of hydrogen-bond acceptors (Lipinski definition) is 2. The number of halogens is 1. The summed E-state index contributed by atoms with van der Waals surface area (Å²) in [6.45, 7) is 0. The van der Waals surface area contributed by atoms with Gasteiger partial charge in [-0.3, -0.25) is 4.79 Å². The second kappa shape index (κ2) is 3.59. The van der Waals surface area contributed by atoms with Crippen molar-refractivity contribution in [3.05, 3.63) is 29.6 Å². The van der Waals surface area contributed by atoms with Crippen LogP contribution in [0.1, 0.15) is 5.56 Å². The molecule has 0 aliphatic rings. The Bertz CT molecular complexity index is 404. The molecule has 1 rings (SSSR count). The van der Waals surface area contributed by atoms with E-state index in [0.29, 0.717) is 0 Å². The van der Waals surface area contributed by atoms with Crippen LogP contribution in [0, 0.1) is 17.7 Å². The van der Waals surface area contributed by atoms with Crippen LogP contribution in [0.15, 0.2) is 18.2 Å². The molecule has 0 spiro atoms.